The second kappa shape index (κ2) is 9.19. The zero-order valence-electron chi connectivity index (χ0n) is 17.8. The zero-order valence-corrected chi connectivity index (χ0v) is 18.6. The molecular formula is C24H20F4N2O2S. The van der Waals surface area contributed by atoms with Crippen LogP contribution in [0.1, 0.15) is 12.6 Å². The molecule has 0 N–H and O–H groups in total. The summed E-state index contributed by atoms with van der Waals surface area (Å²) in [6.45, 7) is 5.31. The quantitative estimate of drug-likeness (QED) is 0.306. The molecule has 172 valence electrons. The molecule has 3 rings (SSSR count). The summed E-state index contributed by atoms with van der Waals surface area (Å²) in [4.78, 5) is 0.0204. The van der Waals surface area contributed by atoms with E-state index in [1.54, 1.807) is 19.1 Å². The van der Waals surface area contributed by atoms with Gasteiger partial charge in [0.25, 0.3) is 0 Å². The molecule has 0 saturated heterocycles. The lowest BCUT2D eigenvalue weighted by molar-refractivity contribution is -0.140. The Labute approximate surface area is 189 Å². The Hall–Kier alpha value is -3.46. The van der Waals surface area contributed by atoms with E-state index in [0.717, 1.165) is 23.1 Å². The van der Waals surface area contributed by atoms with Crippen molar-refractivity contribution in [2.75, 3.05) is 6.26 Å². The molecule has 2 aromatic carbocycles. The molecule has 0 saturated carbocycles. The maximum atomic E-state index is 14.1. The van der Waals surface area contributed by atoms with Gasteiger partial charge in [-0.1, -0.05) is 43.0 Å². The van der Waals surface area contributed by atoms with Crippen LogP contribution in [0.2, 0.25) is 0 Å². The highest BCUT2D eigenvalue weighted by molar-refractivity contribution is 7.90. The Morgan fingerprint density at radius 2 is 1.61 bits per heavy atom. The molecule has 0 fully saturated rings. The second-order valence-corrected chi connectivity index (χ2v) is 9.13. The van der Waals surface area contributed by atoms with E-state index in [0.29, 0.717) is 11.3 Å². The smallest absolute Gasteiger partial charge is 0.232 e. The standard InChI is InChI=1S/C24H20F4N2O2S/c1-4-6-19(7-5-2)30-22(17-10-14-20(15-11-17)33(3,31)32)21(23(29-30)24(26,27)28)16-8-12-18(25)13-9-16/h4-15H,1H2,2-3H3/b7-5-,19-6+. The number of benzene rings is 2. The van der Waals surface area contributed by atoms with Crippen molar-refractivity contribution in [2.45, 2.75) is 18.0 Å². The highest BCUT2D eigenvalue weighted by Crippen LogP contribution is 2.43. The van der Waals surface area contributed by atoms with E-state index in [4.69, 9.17) is 0 Å². The van der Waals surface area contributed by atoms with Gasteiger partial charge in [0.15, 0.2) is 15.5 Å². The molecule has 1 heterocycles. The van der Waals surface area contributed by atoms with Gasteiger partial charge in [-0.05, 0) is 48.9 Å². The molecule has 0 amide bonds. The van der Waals surface area contributed by atoms with Crippen molar-refractivity contribution in [3.8, 4) is 22.4 Å². The van der Waals surface area contributed by atoms with Crippen LogP contribution in [0.3, 0.4) is 0 Å². The summed E-state index contributed by atoms with van der Waals surface area (Å²) in [5, 5.41) is 3.88. The number of allylic oxidation sites excluding steroid dienone is 5. The lowest BCUT2D eigenvalue weighted by Crippen LogP contribution is -2.08. The van der Waals surface area contributed by atoms with Crippen molar-refractivity contribution in [3.05, 3.63) is 90.9 Å². The van der Waals surface area contributed by atoms with E-state index in [9.17, 15) is 26.0 Å². The van der Waals surface area contributed by atoms with Crippen LogP contribution in [0.25, 0.3) is 28.1 Å². The highest BCUT2D eigenvalue weighted by atomic mass is 32.2. The van der Waals surface area contributed by atoms with Crippen LogP contribution >= 0.6 is 0 Å². The first-order valence-corrected chi connectivity index (χ1v) is 11.6. The molecule has 0 aliphatic heterocycles. The summed E-state index contributed by atoms with van der Waals surface area (Å²) in [6, 6.07) is 10.1. The molecule has 9 heteroatoms. The molecule has 33 heavy (non-hydrogen) atoms. The zero-order chi connectivity index (χ0) is 24.4. The number of rotatable bonds is 6. The lowest BCUT2D eigenvalue weighted by Gasteiger charge is -2.12. The Balaban J connectivity index is 2.45. The molecule has 3 aromatic rings. The van der Waals surface area contributed by atoms with Crippen LogP contribution in [-0.2, 0) is 16.0 Å². The molecule has 1 aromatic heterocycles. The lowest BCUT2D eigenvalue weighted by atomic mass is 9.98. The molecule has 4 nitrogen and oxygen atoms in total. The van der Waals surface area contributed by atoms with Crippen LogP contribution in [0.15, 0.2) is 84.3 Å². The minimum atomic E-state index is -4.81. The number of nitrogens with zero attached hydrogens (tertiary/aromatic N) is 2. The second-order valence-electron chi connectivity index (χ2n) is 7.11. The van der Waals surface area contributed by atoms with Gasteiger partial charge in [-0.25, -0.2) is 17.5 Å². The fraction of sp³-hybridized carbons (Fsp3) is 0.125. The number of halogens is 4. The van der Waals surface area contributed by atoms with Crippen LogP contribution in [-0.4, -0.2) is 24.5 Å². The van der Waals surface area contributed by atoms with Crippen molar-refractivity contribution in [1.29, 1.82) is 0 Å². The summed E-state index contributed by atoms with van der Waals surface area (Å²) in [5.41, 5.74) is -0.640. The third-order valence-corrected chi connectivity index (χ3v) is 5.84. The average Bonchev–Trinajstić information content (AvgIpc) is 3.14. The Morgan fingerprint density at radius 1 is 1.03 bits per heavy atom. The predicted octanol–water partition coefficient (Wildman–Crippen LogP) is 6.38. The fourth-order valence-electron chi connectivity index (χ4n) is 3.31. The van der Waals surface area contributed by atoms with E-state index >= 15 is 0 Å². The topological polar surface area (TPSA) is 52.0 Å². The maximum Gasteiger partial charge on any atom is 0.435 e. The fourth-order valence-corrected chi connectivity index (χ4v) is 3.94. The SMILES string of the molecule is C=C/C=C(\C=C/C)n1nc(C(F)(F)F)c(-c2ccc(F)cc2)c1-c1ccc(S(C)(=O)=O)cc1. The van der Waals surface area contributed by atoms with E-state index < -0.39 is 27.5 Å². The van der Waals surface area contributed by atoms with Crippen LogP contribution in [0.5, 0.6) is 0 Å². The van der Waals surface area contributed by atoms with Gasteiger partial charge in [0.05, 0.1) is 16.3 Å². The molecule has 0 spiro atoms. The summed E-state index contributed by atoms with van der Waals surface area (Å²) in [5.74, 6) is -0.597. The summed E-state index contributed by atoms with van der Waals surface area (Å²) < 4.78 is 80.6. The van der Waals surface area contributed by atoms with Gasteiger partial charge in [-0.2, -0.15) is 18.3 Å². The first-order valence-electron chi connectivity index (χ1n) is 9.69. The van der Waals surface area contributed by atoms with Gasteiger partial charge in [0.2, 0.25) is 0 Å². The van der Waals surface area contributed by atoms with Crippen molar-refractivity contribution in [1.82, 2.24) is 9.78 Å². The molecular weight excluding hydrogens is 456 g/mol. The number of hydrogen-bond donors (Lipinski definition) is 0. The van der Waals surface area contributed by atoms with Crippen molar-refractivity contribution in [3.63, 3.8) is 0 Å². The van der Waals surface area contributed by atoms with Crippen molar-refractivity contribution >= 4 is 15.5 Å². The largest absolute Gasteiger partial charge is 0.435 e. The number of alkyl halides is 3. The third kappa shape index (κ3) is 5.14. The van der Waals surface area contributed by atoms with Gasteiger partial charge in [0.1, 0.15) is 5.82 Å². The third-order valence-electron chi connectivity index (χ3n) is 4.71. The maximum absolute atomic E-state index is 14.1. The Morgan fingerprint density at radius 3 is 2.09 bits per heavy atom. The van der Waals surface area contributed by atoms with Gasteiger partial charge >= 0.3 is 6.18 Å². The Bertz CT molecular complexity index is 1330. The number of sulfone groups is 1. The number of hydrogen-bond acceptors (Lipinski definition) is 3. The van der Waals surface area contributed by atoms with Crippen LogP contribution < -0.4 is 0 Å². The first-order chi connectivity index (χ1) is 15.5. The van der Waals surface area contributed by atoms with E-state index in [1.165, 1.54) is 48.6 Å². The van der Waals surface area contributed by atoms with Crippen LogP contribution in [0.4, 0.5) is 17.6 Å². The summed E-state index contributed by atoms with van der Waals surface area (Å²) in [6.07, 6.45) is 2.34. The van der Waals surface area contributed by atoms with Gasteiger partial charge in [-0.15, -0.1) is 0 Å². The van der Waals surface area contributed by atoms with E-state index in [2.05, 4.69) is 11.7 Å². The highest BCUT2D eigenvalue weighted by Gasteiger charge is 2.40. The number of aromatic nitrogens is 2. The Kier molecular flexibility index (Phi) is 6.73. The molecule has 0 aliphatic rings. The van der Waals surface area contributed by atoms with Gasteiger partial charge in [0, 0.05) is 17.4 Å². The van der Waals surface area contributed by atoms with E-state index in [-0.39, 0.29) is 21.7 Å². The van der Waals surface area contributed by atoms with Crippen molar-refractivity contribution < 1.29 is 26.0 Å². The van der Waals surface area contributed by atoms with Gasteiger partial charge < -0.3 is 0 Å². The predicted molar refractivity (Wildman–Crippen MR) is 120 cm³/mol. The molecule has 0 unspecified atom stereocenters. The van der Waals surface area contributed by atoms with Crippen LogP contribution in [0, 0.1) is 5.82 Å². The first kappa shape index (κ1) is 24.2. The average molecular weight is 476 g/mol. The summed E-state index contributed by atoms with van der Waals surface area (Å²) in [7, 11) is -3.51. The molecule has 0 atom stereocenters. The minimum Gasteiger partial charge on any atom is -0.232 e. The van der Waals surface area contributed by atoms with Gasteiger partial charge in [-0.3, -0.25) is 0 Å². The monoisotopic (exact) mass is 476 g/mol. The molecule has 0 radical (unpaired) electrons. The minimum absolute atomic E-state index is 0.0204. The van der Waals surface area contributed by atoms with Crippen molar-refractivity contribution in [2.24, 2.45) is 0 Å². The molecule has 0 bridgehead atoms. The van der Waals surface area contributed by atoms with E-state index in [1.807, 2.05) is 0 Å². The summed E-state index contributed by atoms with van der Waals surface area (Å²) >= 11 is 0. The normalized spacial score (nSPS) is 13.0. The molecule has 0 aliphatic carbocycles.